The number of fused-ring (bicyclic) bond motifs is 1. The molecule has 10 heteroatoms. The van der Waals surface area contributed by atoms with Crippen molar-refractivity contribution in [2.75, 3.05) is 27.3 Å². The molecule has 1 amide bonds. The van der Waals surface area contributed by atoms with Crippen LogP contribution in [0.5, 0.6) is 11.5 Å². The second-order valence-electron chi connectivity index (χ2n) is 13.9. The highest BCUT2D eigenvalue weighted by Crippen LogP contribution is 2.40. The number of carboxylic acids is 1. The first-order chi connectivity index (χ1) is 25.8. The summed E-state index contributed by atoms with van der Waals surface area (Å²) in [5.41, 5.74) is 8.46. The monoisotopic (exact) mass is 722 g/mol. The molecular formula is C43H50N2O8. The van der Waals surface area contributed by atoms with Crippen LogP contribution in [-0.2, 0) is 45.2 Å². The van der Waals surface area contributed by atoms with Gasteiger partial charge in [0.1, 0.15) is 0 Å². The number of aliphatic carboxylic acids is 1. The number of unbranched alkanes of at least 4 members (excludes halogenated alkanes) is 2. The van der Waals surface area contributed by atoms with E-state index in [4.69, 9.17) is 24.1 Å². The zero-order valence-corrected chi connectivity index (χ0v) is 30.6. The lowest BCUT2D eigenvalue weighted by Gasteiger charge is -2.39. The van der Waals surface area contributed by atoms with Gasteiger partial charge in [0.2, 0.25) is 5.91 Å². The van der Waals surface area contributed by atoms with Crippen LogP contribution in [0.3, 0.4) is 0 Å². The van der Waals surface area contributed by atoms with Crippen molar-refractivity contribution in [3.63, 3.8) is 0 Å². The number of aliphatic hydroxyl groups excluding tert-OH is 1. The lowest BCUT2D eigenvalue weighted by Crippen LogP contribution is -2.41. The van der Waals surface area contributed by atoms with Gasteiger partial charge in [-0.25, -0.2) is 0 Å². The minimum absolute atomic E-state index is 0.00523. The third-order valence-corrected chi connectivity index (χ3v) is 10.1. The molecule has 53 heavy (non-hydrogen) atoms. The van der Waals surface area contributed by atoms with Crippen molar-refractivity contribution in [3.8, 4) is 22.6 Å². The summed E-state index contributed by atoms with van der Waals surface area (Å²) in [7, 11) is 3.33. The van der Waals surface area contributed by atoms with Gasteiger partial charge in [-0.15, -0.1) is 0 Å². The van der Waals surface area contributed by atoms with Crippen molar-refractivity contribution in [2.24, 2.45) is 0 Å². The van der Waals surface area contributed by atoms with E-state index in [0.29, 0.717) is 32.2 Å². The van der Waals surface area contributed by atoms with E-state index in [-0.39, 0.29) is 31.1 Å². The summed E-state index contributed by atoms with van der Waals surface area (Å²) >= 11 is 0. The molecule has 0 aliphatic carbocycles. The quantitative estimate of drug-likeness (QED) is 0.104. The Balaban J connectivity index is 1.12. The summed E-state index contributed by atoms with van der Waals surface area (Å²) in [5.74, 6) is 0.659. The van der Waals surface area contributed by atoms with Crippen LogP contribution in [0, 0.1) is 0 Å². The van der Waals surface area contributed by atoms with Crippen LogP contribution >= 0.6 is 0 Å². The van der Waals surface area contributed by atoms with Gasteiger partial charge < -0.3 is 34.5 Å². The second-order valence-corrected chi connectivity index (χ2v) is 13.9. The fraction of sp³-hybridized carbons (Fsp3) is 0.395. The largest absolute Gasteiger partial charge is 0.493 e. The first-order valence-electron chi connectivity index (χ1n) is 18.5. The van der Waals surface area contributed by atoms with Crippen molar-refractivity contribution in [3.05, 3.63) is 118 Å². The Morgan fingerprint density at radius 1 is 0.811 bits per heavy atom. The molecule has 4 aromatic carbocycles. The highest BCUT2D eigenvalue weighted by molar-refractivity contribution is 5.76. The number of carbonyl (C=O) groups excluding carboxylic acids is 1. The maximum atomic E-state index is 12.4. The van der Waals surface area contributed by atoms with E-state index < -0.39 is 12.3 Å². The Labute approximate surface area is 311 Å². The molecule has 4 aromatic rings. The number of benzene rings is 4. The number of ether oxygens (including phenoxy) is 4. The van der Waals surface area contributed by atoms with Gasteiger partial charge in [0.15, 0.2) is 17.8 Å². The SMILES string of the molecule is COc1cc2c(cc1OC)CN(CC1CC(c3ccc(CO)cc3)OC(c3ccc(-c4cccc(CNC(=O)CCCCCC(=O)O)c4)cc3)O1)CC2. The van der Waals surface area contributed by atoms with E-state index >= 15 is 0 Å². The minimum Gasteiger partial charge on any atom is -0.493 e. The molecule has 3 atom stereocenters. The Morgan fingerprint density at radius 3 is 2.25 bits per heavy atom. The van der Waals surface area contributed by atoms with Gasteiger partial charge in [-0.3, -0.25) is 14.5 Å². The van der Waals surface area contributed by atoms with Crippen molar-refractivity contribution in [2.45, 2.75) is 83.1 Å². The summed E-state index contributed by atoms with van der Waals surface area (Å²) in [6, 6.07) is 28.5. The molecule has 0 spiro atoms. The van der Waals surface area contributed by atoms with E-state index in [0.717, 1.165) is 77.4 Å². The van der Waals surface area contributed by atoms with Crippen LogP contribution < -0.4 is 14.8 Å². The molecule has 3 N–H and O–H groups in total. The van der Waals surface area contributed by atoms with E-state index in [1.54, 1.807) is 14.2 Å². The number of aliphatic hydroxyl groups is 1. The van der Waals surface area contributed by atoms with Crippen LogP contribution in [0.15, 0.2) is 84.9 Å². The summed E-state index contributed by atoms with van der Waals surface area (Å²) in [4.78, 5) is 25.5. The maximum Gasteiger partial charge on any atom is 0.303 e. The molecule has 6 rings (SSSR count). The number of methoxy groups -OCH3 is 2. The van der Waals surface area contributed by atoms with Gasteiger partial charge in [-0.1, -0.05) is 73.2 Å². The van der Waals surface area contributed by atoms with Crippen LogP contribution in [0.1, 0.15) is 84.3 Å². The molecular weight excluding hydrogens is 672 g/mol. The van der Waals surface area contributed by atoms with Gasteiger partial charge in [0.25, 0.3) is 0 Å². The molecule has 0 radical (unpaired) electrons. The Morgan fingerprint density at radius 2 is 1.53 bits per heavy atom. The predicted octanol–water partition coefficient (Wildman–Crippen LogP) is 7.12. The predicted molar refractivity (Wildman–Crippen MR) is 201 cm³/mol. The lowest BCUT2D eigenvalue weighted by molar-refractivity contribution is -0.253. The molecule has 1 saturated heterocycles. The minimum atomic E-state index is -0.803. The number of hydrogen-bond donors (Lipinski definition) is 3. The van der Waals surface area contributed by atoms with Gasteiger partial charge in [0, 0.05) is 51.0 Å². The Kier molecular flexibility index (Phi) is 13.1. The van der Waals surface area contributed by atoms with Crippen LogP contribution in [0.25, 0.3) is 11.1 Å². The fourth-order valence-electron chi connectivity index (χ4n) is 7.14. The van der Waals surface area contributed by atoms with E-state index in [2.05, 4.69) is 58.7 Å². The molecule has 2 aliphatic rings. The average Bonchev–Trinajstić information content (AvgIpc) is 3.19. The summed E-state index contributed by atoms with van der Waals surface area (Å²) in [5, 5.41) is 21.4. The molecule has 2 heterocycles. The zero-order valence-electron chi connectivity index (χ0n) is 30.6. The summed E-state index contributed by atoms with van der Waals surface area (Å²) < 4.78 is 24.5. The first-order valence-corrected chi connectivity index (χ1v) is 18.5. The molecule has 0 aromatic heterocycles. The van der Waals surface area contributed by atoms with Gasteiger partial charge in [-0.2, -0.15) is 0 Å². The van der Waals surface area contributed by atoms with Gasteiger partial charge >= 0.3 is 5.97 Å². The van der Waals surface area contributed by atoms with Gasteiger partial charge in [0.05, 0.1) is 33.0 Å². The zero-order chi connectivity index (χ0) is 37.2. The molecule has 0 saturated carbocycles. The number of nitrogens with one attached hydrogen (secondary N) is 1. The van der Waals surface area contributed by atoms with Crippen molar-refractivity contribution < 1.29 is 38.7 Å². The lowest BCUT2D eigenvalue weighted by atomic mass is 9.96. The number of rotatable bonds is 16. The first kappa shape index (κ1) is 38.0. The number of amides is 1. The molecule has 0 bridgehead atoms. The molecule has 10 nitrogen and oxygen atoms in total. The highest BCUT2D eigenvalue weighted by atomic mass is 16.7. The van der Waals surface area contributed by atoms with Crippen LogP contribution in [0.4, 0.5) is 0 Å². The molecule has 2 aliphatic heterocycles. The normalized spacial score (nSPS) is 18.6. The smallest absolute Gasteiger partial charge is 0.303 e. The standard InChI is InChI=1S/C43H50N2O8/c1-50-39-22-35-19-20-45(26-36(35)23-40(39)51-2)27-37-24-38(32-13-11-29(28-46)12-14-32)53-43(52-37)33-17-15-31(16-18-33)34-8-6-7-30(21-34)25-44-41(47)9-4-3-5-10-42(48)49/h6-8,11-18,21-23,37-38,43,46H,3-5,9-10,19-20,24-28H2,1-2H3,(H,44,47)(H,48,49). The van der Waals surface area contributed by atoms with Crippen LogP contribution in [0.2, 0.25) is 0 Å². The number of carboxylic acid groups (broad SMARTS) is 1. The number of carbonyl (C=O) groups is 2. The third kappa shape index (κ3) is 10.2. The highest BCUT2D eigenvalue weighted by Gasteiger charge is 2.34. The van der Waals surface area contributed by atoms with E-state index in [1.165, 1.54) is 11.1 Å². The van der Waals surface area contributed by atoms with Crippen molar-refractivity contribution >= 4 is 11.9 Å². The summed E-state index contributed by atoms with van der Waals surface area (Å²) in [6.45, 7) is 2.88. The van der Waals surface area contributed by atoms with Crippen LogP contribution in [-0.4, -0.2) is 60.4 Å². The van der Waals surface area contributed by atoms with Crippen molar-refractivity contribution in [1.82, 2.24) is 10.2 Å². The van der Waals surface area contributed by atoms with Crippen molar-refractivity contribution in [1.29, 1.82) is 0 Å². The molecule has 1 fully saturated rings. The second kappa shape index (κ2) is 18.3. The number of nitrogens with zero attached hydrogens (tertiary/aromatic N) is 1. The number of hydrogen-bond acceptors (Lipinski definition) is 8. The Bertz CT molecular complexity index is 1830. The molecule has 280 valence electrons. The van der Waals surface area contributed by atoms with E-state index in [9.17, 15) is 14.7 Å². The maximum absolute atomic E-state index is 12.4. The topological polar surface area (TPSA) is 127 Å². The Hall–Kier alpha value is -4.74. The molecule has 3 unspecified atom stereocenters. The average molecular weight is 723 g/mol. The van der Waals surface area contributed by atoms with Gasteiger partial charge in [-0.05, 0) is 76.4 Å². The van der Waals surface area contributed by atoms with E-state index in [1.807, 2.05) is 36.4 Å². The third-order valence-electron chi connectivity index (χ3n) is 10.1. The fourth-order valence-corrected chi connectivity index (χ4v) is 7.14. The summed E-state index contributed by atoms with van der Waals surface area (Å²) in [6.07, 6.45) is 3.32.